The molecule has 0 aliphatic heterocycles. The van der Waals surface area contributed by atoms with Crippen LogP contribution in [-0.4, -0.2) is 29.6 Å². The van der Waals surface area contributed by atoms with E-state index in [0.29, 0.717) is 6.42 Å². The van der Waals surface area contributed by atoms with E-state index >= 15 is 0 Å². The molecule has 4 nitrogen and oxygen atoms in total. The van der Waals surface area contributed by atoms with Crippen LogP contribution < -0.4 is 0 Å². The van der Waals surface area contributed by atoms with E-state index < -0.39 is 12.1 Å². The second-order valence-corrected chi connectivity index (χ2v) is 6.61. The number of fused-ring (bicyclic) bond motifs is 1. The molecule has 1 saturated carbocycles. The zero-order valence-corrected chi connectivity index (χ0v) is 13.1. The Labute approximate surface area is 125 Å². The van der Waals surface area contributed by atoms with Gasteiger partial charge >= 0.3 is 5.97 Å². The van der Waals surface area contributed by atoms with Crippen molar-refractivity contribution in [3.8, 4) is 0 Å². The molecule has 0 bridgehead atoms. The molecule has 0 aromatic rings. The van der Waals surface area contributed by atoms with Gasteiger partial charge in [0.25, 0.3) is 0 Å². The fourth-order valence-corrected chi connectivity index (χ4v) is 3.75. The number of carbonyl (C=O) groups excluding carboxylic acids is 2. The molecule has 0 aromatic carbocycles. The summed E-state index contributed by atoms with van der Waals surface area (Å²) in [6.45, 7) is 9.28. The van der Waals surface area contributed by atoms with Crippen LogP contribution in [0.1, 0.15) is 46.5 Å². The monoisotopic (exact) mass is 292 g/mol. The van der Waals surface area contributed by atoms with Crippen LogP contribution in [0.3, 0.4) is 0 Å². The first-order chi connectivity index (χ1) is 9.78. The number of hydrogen-bond donors (Lipinski definition) is 1. The molecule has 2 rings (SSSR count). The summed E-state index contributed by atoms with van der Waals surface area (Å²) in [4.78, 5) is 23.5. The van der Waals surface area contributed by atoms with Crippen molar-refractivity contribution in [2.75, 3.05) is 6.61 Å². The summed E-state index contributed by atoms with van der Waals surface area (Å²) >= 11 is 0. The molecule has 3 unspecified atom stereocenters. The van der Waals surface area contributed by atoms with Gasteiger partial charge in [0.15, 0.2) is 11.9 Å². The molecule has 1 fully saturated rings. The minimum absolute atomic E-state index is 0.0000135. The number of ketones is 1. The maximum absolute atomic E-state index is 12.3. The number of allylic oxidation sites excluding steroid dienone is 1. The van der Waals surface area contributed by atoms with Crippen LogP contribution in [0.15, 0.2) is 23.3 Å². The third-order valence-electron chi connectivity index (χ3n) is 5.01. The van der Waals surface area contributed by atoms with E-state index in [-0.39, 0.29) is 23.7 Å². The van der Waals surface area contributed by atoms with Crippen LogP contribution in [0.25, 0.3) is 0 Å². The molecule has 0 amide bonds. The number of aliphatic hydroxyl groups is 1. The predicted octanol–water partition coefficient (Wildman–Crippen LogP) is 2.56. The Hall–Kier alpha value is -1.42. The Morgan fingerprint density at radius 2 is 2.19 bits per heavy atom. The Morgan fingerprint density at radius 3 is 2.76 bits per heavy atom. The lowest BCUT2D eigenvalue weighted by Crippen LogP contribution is -2.42. The van der Waals surface area contributed by atoms with Crippen molar-refractivity contribution in [2.24, 2.45) is 11.3 Å². The van der Waals surface area contributed by atoms with E-state index in [9.17, 15) is 14.7 Å². The van der Waals surface area contributed by atoms with E-state index in [1.807, 2.05) is 6.92 Å². The number of Topliss-reactive ketones (excluding diaryl/α,β-unsaturated/α-hetero) is 1. The second-order valence-electron chi connectivity index (χ2n) is 6.61. The molecule has 0 saturated heterocycles. The van der Waals surface area contributed by atoms with Crippen LogP contribution in [0.2, 0.25) is 0 Å². The highest BCUT2D eigenvalue weighted by Crippen LogP contribution is 2.51. The van der Waals surface area contributed by atoms with Crippen LogP contribution in [0.5, 0.6) is 0 Å². The van der Waals surface area contributed by atoms with Crippen molar-refractivity contribution >= 4 is 11.8 Å². The van der Waals surface area contributed by atoms with E-state index in [0.717, 1.165) is 30.4 Å². The van der Waals surface area contributed by atoms with Gasteiger partial charge in [0.1, 0.15) is 0 Å². The van der Waals surface area contributed by atoms with Gasteiger partial charge in [-0.3, -0.25) is 9.59 Å². The first kappa shape index (κ1) is 16.0. The number of hydrogen-bond acceptors (Lipinski definition) is 4. The van der Waals surface area contributed by atoms with Gasteiger partial charge in [0, 0.05) is 13.3 Å². The van der Waals surface area contributed by atoms with Crippen molar-refractivity contribution < 1.29 is 19.4 Å². The van der Waals surface area contributed by atoms with E-state index in [1.165, 1.54) is 12.5 Å². The van der Waals surface area contributed by atoms with Crippen molar-refractivity contribution in [1.29, 1.82) is 0 Å². The molecule has 2 aliphatic rings. The summed E-state index contributed by atoms with van der Waals surface area (Å²) in [5.41, 5.74) is 2.79. The van der Waals surface area contributed by atoms with Crippen LogP contribution in [-0.2, 0) is 14.3 Å². The SMILES string of the molecule is C=C(CO)C1CCC2(C)CC(=O)C(OC(C)=O)C(C)=C2C1. The van der Waals surface area contributed by atoms with Gasteiger partial charge in [-0.1, -0.05) is 19.1 Å². The highest BCUT2D eigenvalue weighted by molar-refractivity contribution is 5.90. The van der Waals surface area contributed by atoms with E-state index in [1.54, 1.807) is 0 Å². The molecule has 0 spiro atoms. The molecule has 0 radical (unpaired) electrons. The fourth-order valence-electron chi connectivity index (χ4n) is 3.75. The standard InChI is InChI=1S/C17H24O4/c1-10(9-18)13-5-6-17(4)8-15(20)16(21-12(3)19)11(2)14(17)7-13/h13,16,18H,1,5-9H2,2-4H3. The minimum atomic E-state index is -0.730. The molecular weight excluding hydrogens is 268 g/mol. The van der Waals surface area contributed by atoms with Gasteiger partial charge in [-0.05, 0) is 48.7 Å². The summed E-state index contributed by atoms with van der Waals surface area (Å²) in [6, 6.07) is 0. The molecular formula is C17H24O4. The second kappa shape index (κ2) is 5.76. The van der Waals surface area contributed by atoms with Crippen LogP contribution in [0.4, 0.5) is 0 Å². The summed E-state index contributed by atoms with van der Waals surface area (Å²) < 4.78 is 5.21. The maximum atomic E-state index is 12.3. The highest BCUT2D eigenvalue weighted by atomic mass is 16.5. The van der Waals surface area contributed by atoms with Crippen molar-refractivity contribution in [1.82, 2.24) is 0 Å². The summed E-state index contributed by atoms with van der Waals surface area (Å²) in [7, 11) is 0. The Bertz CT molecular complexity index is 517. The Kier molecular flexibility index (Phi) is 4.38. The van der Waals surface area contributed by atoms with Gasteiger partial charge < -0.3 is 9.84 Å². The average Bonchev–Trinajstić information content (AvgIpc) is 2.42. The number of ether oxygens (including phenoxy) is 1. The first-order valence-electron chi connectivity index (χ1n) is 7.47. The molecule has 2 aliphatic carbocycles. The summed E-state index contributed by atoms with van der Waals surface area (Å²) in [5.74, 6) is -0.184. The maximum Gasteiger partial charge on any atom is 0.303 e. The minimum Gasteiger partial charge on any atom is -0.450 e. The number of rotatable bonds is 3. The number of esters is 1. The van der Waals surface area contributed by atoms with Gasteiger partial charge in [0.05, 0.1) is 6.61 Å². The fraction of sp³-hybridized carbons (Fsp3) is 0.647. The molecule has 0 aromatic heterocycles. The quantitative estimate of drug-likeness (QED) is 0.641. The molecule has 116 valence electrons. The van der Waals surface area contributed by atoms with Crippen molar-refractivity contribution in [3.63, 3.8) is 0 Å². The van der Waals surface area contributed by atoms with Gasteiger partial charge in [0.2, 0.25) is 0 Å². The molecule has 4 heteroatoms. The third kappa shape index (κ3) is 2.95. The molecule has 1 N–H and O–H groups in total. The summed E-state index contributed by atoms with van der Waals surface area (Å²) in [5, 5.41) is 9.29. The lowest BCUT2D eigenvalue weighted by molar-refractivity contribution is -0.152. The zero-order valence-electron chi connectivity index (χ0n) is 13.1. The largest absolute Gasteiger partial charge is 0.450 e. The normalized spacial score (nSPS) is 32.7. The smallest absolute Gasteiger partial charge is 0.303 e. The van der Waals surface area contributed by atoms with Crippen molar-refractivity contribution in [2.45, 2.75) is 52.6 Å². The highest BCUT2D eigenvalue weighted by Gasteiger charge is 2.45. The topological polar surface area (TPSA) is 63.6 Å². The van der Waals surface area contributed by atoms with E-state index in [2.05, 4.69) is 13.5 Å². The number of aliphatic hydroxyl groups excluding tert-OH is 1. The molecule has 21 heavy (non-hydrogen) atoms. The first-order valence-corrected chi connectivity index (χ1v) is 7.47. The number of carbonyl (C=O) groups is 2. The Balaban J connectivity index is 2.34. The zero-order chi connectivity index (χ0) is 15.8. The van der Waals surface area contributed by atoms with Crippen molar-refractivity contribution in [3.05, 3.63) is 23.3 Å². The van der Waals surface area contributed by atoms with Crippen LogP contribution >= 0.6 is 0 Å². The van der Waals surface area contributed by atoms with Gasteiger partial charge in [-0.15, -0.1) is 0 Å². The van der Waals surface area contributed by atoms with E-state index in [4.69, 9.17) is 4.74 Å². The lowest BCUT2D eigenvalue weighted by atomic mass is 9.60. The summed E-state index contributed by atoms with van der Waals surface area (Å²) in [6.07, 6.45) is 2.34. The average molecular weight is 292 g/mol. The van der Waals surface area contributed by atoms with Crippen LogP contribution in [0, 0.1) is 11.3 Å². The Morgan fingerprint density at radius 1 is 1.52 bits per heavy atom. The van der Waals surface area contributed by atoms with Gasteiger partial charge in [-0.25, -0.2) is 0 Å². The molecule has 3 atom stereocenters. The molecule has 0 heterocycles. The lowest BCUT2D eigenvalue weighted by Gasteiger charge is -2.45. The third-order valence-corrected chi connectivity index (χ3v) is 5.01. The predicted molar refractivity (Wildman–Crippen MR) is 79.6 cm³/mol. The van der Waals surface area contributed by atoms with Gasteiger partial charge in [-0.2, -0.15) is 0 Å².